The third-order valence-electron chi connectivity index (χ3n) is 19.6. The molecule has 3 aliphatic rings. The molecule has 0 aromatic heterocycles. The lowest BCUT2D eigenvalue weighted by Crippen LogP contribution is -2.62. The highest BCUT2D eigenvalue weighted by Crippen LogP contribution is 2.41. The van der Waals surface area contributed by atoms with Gasteiger partial charge in [-0.05, 0) is 141 Å². The standard InChI is InChI=1S/C80H107N13O11/c1-49(2)45-61-71(96)88-63(47-53-25-13-9-14-26-53)77(102)92-43-23-35-65(92)73(98)90-67(51(5)6)75(100)85-60(34-22-42-82)70(95)87-62(46-50(3)4)72(97)89-64(78(103)93-44-24-36-66(93)74(99)91-68(52(7)8)76(101)84-59(33-21-41-81)69(94)86-61)48-54-37-39-58(40-38-54)83-79(104)80(55-27-15-10-16-28-55,56-29-17-11-18-30-56)57-31-19-12-20-32-57/h9-20,25-32,37-40,49-52,59-68H,21-24,33-36,41-48,81-82H2,1-8H3,(H,83,104)(H,84,101)(H,85,100)(H,86,94)(H,87,95)(H,88,96)(H,89,97)(H,90,98)(H,91,99)/t59-,60-,61-,62-,63-,64-,65-,66-,67-,68-/m0/s1. The van der Waals surface area contributed by atoms with Gasteiger partial charge in [0.2, 0.25) is 65.0 Å². The smallest absolute Gasteiger partial charge is 0.246 e. The fourth-order valence-electron chi connectivity index (χ4n) is 14.2. The molecule has 0 unspecified atom stereocenters. The Hall–Kier alpha value is -9.81. The summed E-state index contributed by atoms with van der Waals surface area (Å²) in [4.78, 5) is 167. The summed E-state index contributed by atoms with van der Waals surface area (Å²) in [5.74, 6) is -8.71. The summed E-state index contributed by atoms with van der Waals surface area (Å²) in [7, 11) is 0. The summed E-state index contributed by atoms with van der Waals surface area (Å²) in [6.45, 7) is 14.8. The second-order valence-corrected chi connectivity index (χ2v) is 29.2. The minimum Gasteiger partial charge on any atom is -0.343 e. The van der Waals surface area contributed by atoms with Gasteiger partial charge < -0.3 is 69.1 Å². The van der Waals surface area contributed by atoms with Crippen LogP contribution in [-0.4, -0.2) is 161 Å². The number of fused-ring (bicyclic) bond motifs is 2. The van der Waals surface area contributed by atoms with E-state index in [-0.39, 0.29) is 108 Å². The van der Waals surface area contributed by atoms with Crippen LogP contribution >= 0.6 is 0 Å². The van der Waals surface area contributed by atoms with Crippen LogP contribution in [0.1, 0.15) is 147 Å². The molecule has 3 heterocycles. The van der Waals surface area contributed by atoms with E-state index < -0.39 is 137 Å². The van der Waals surface area contributed by atoms with Crippen molar-refractivity contribution in [2.75, 3.05) is 31.5 Å². The van der Waals surface area contributed by atoms with E-state index in [1.807, 2.05) is 125 Å². The number of nitrogens with one attached hydrogen (secondary N) is 9. The number of nitrogens with zero attached hydrogens (tertiary/aromatic N) is 2. The SMILES string of the molecule is CC(C)C[C@@H]1NC(=O)[C@H](CCCN)NC(=O)[C@H](C(C)C)NC(=O)[C@@H]2CCCN2C(=O)[C@H](Cc2ccccc2)NC(=O)[C@H](CC(C)C)NC(=O)[C@H](CCCN)NC(=O)[C@H](C(C)C)NC(=O)[C@@H]2CCCN2C(=O)[C@H](Cc2ccc(NC(=O)C(c3ccccc3)(c3ccccc3)c3ccccc3)cc2)NC1=O. The Kier molecular flexibility index (Phi) is 29.3. The average molecular weight is 1430 g/mol. The van der Waals surface area contributed by atoms with E-state index in [2.05, 4.69) is 47.9 Å². The fourth-order valence-corrected chi connectivity index (χ4v) is 14.2. The second kappa shape index (κ2) is 38.1. The van der Waals surface area contributed by atoms with Crippen LogP contribution in [0.25, 0.3) is 0 Å². The number of carbonyl (C=O) groups is 11. The second-order valence-electron chi connectivity index (χ2n) is 29.2. The van der Waals surface area contributed by atoms with Crippen LogP contribution in [0.4, 0.5) is 5.69 Å². The molecule has 24 nitrogen and oxygen atoms in total. The van der Waals surface area contributed by atoms with Crippen LogP contribution < -0.4 is 59.3 Å². The molecule has 24 heteroatoms. The van der Waals surface area contributed by atoms with Gasteiger partial charge in [-0.3, -0.25) is 52.7 Å². The maximum absolute atomic E-state index is 15.6. The van der Waals surface area contributed by atoms with Crippen LogP contribution in [0.3, 0.4) is 0 Å². The molecule has 0 saturated carbocycles. The maximum atomic E-state index is 15.6. The number of hydrogen-bond donors (Lipinski definition) is 11. The monoisotopic (exact) mass is 1430 g/mol. The number of rotatable bonds is 21. The van der Waals surface area contributed by atoms with Crippen molar-refractivity contribution in [3.8, 4) is 0 Å². The highest BCUT2D eigenvalue weighted by Gasteiger charge is 2.46. The van der Waals surface area contributed by atoms with Gasteiger partial charge in [-0.25, -0.2) is 0 Å². The zero-order valence-electron chi connectivity index (χ0n) is 61.3. The van der Waals surface area contributed by atoms with E-state index in [4.69, 9.17) is 11.5 Å². The van der Waals surface area contributed by atoms with Crippen LogP contribution in [0.2, 0.25) is 0 Å². The van der Waals surface area contributed by atoms with Crippen molar-refractivity contribution < 1.29 is 52.7 Å². The number of hydrogen-bond acceptors (Lipinski definition) is 13. The van der Waals surface area contributed by atoms with Gasteiger partial charge in [0.1, 0.15) is 65.8 Å². The molecular weight excluding hydrogens is 1320 g/mol. The molecule has 558 valence electrons. The summed E-state index contributed by atoms with van der Waals surface area (Å²) in [5.41, 5.74) is 14.6. The molecule has 11 amide bonds. The molecule has 3 aliphatic heterocycles. The first kappa shape index (κ1) is 79.9. The van der Waals surface area contributed by atoms with E-state index in [1.54, 1.807) is 76.2 Å². The number of anilines is 1. The maximum Gasteiger partial charge on any atom is 0.246 e. The quantitative estimate of drug-likeness (QED) is 0.0422. The van der Waals surface area contributed by atoms with Crippen molar-refractivity contribution in [2.45, 2.75) is 198 Å². The molecule has 0 aliphatic carbocycles. The molecule has 10 atom stereocenters. The fraction of sp³-hybridized carbons (Fsp3) is 0.487. The van der Waals surface area contributed by atoms with Crippen LogP contribution in [0.15, 0.2) is 146 Å². The molecule has 0 spiro atoms. The summed E-state index contributed by atoms with van der Waals surface area (Å²) in [6, 6.07) is 31.9. The first-order valence-corrected chi connectivity index (χ1v) is 36.9. The lowest BCUT2D eigenvalue weighted by molar-refractivity contribution is -0.143. The number of benzene rings is 5. The molecule has 0 radical (unpaired) electrons. The Bertz CT molecular complexity index is 3630. The molecule has 0 bridgehead atoms. The zero-order valence-corrected chi connectivity index (χ0v) is 61.3. The lowest BCUT2D eigenvalue weighted by atomic mass is 9.68. The summed E-state index contributed by atoms with van der Waals surface area (Å²) in [6.07, 6.45) is 1.82. The highest BCUT2D eigenvalue weighted by molar-refractivity contribution is 6.05. The van der Waals surface area contributed by atoms with Crippen molar-refractivity contribution in [2.24, 2.45) is 35.1 Å². The van der Waals surface area contributed by atoms with E-state index >= 15 is 19.2 Å². The van der Waals surface area contributed by atoms with Gasteiger partial charge in [-0.1, -0.05) is 189 Å². The number of carbonyl (C=O) groups excluding carboxylic acids is 11. The Morgan fingerprint density at radius 1 is 0.413 bits per heavy atom. The largest absolute Gasteiger partial charge is 0.343 e. The Morgan fingerprint density at radius 2 is 0.740 bits per heavy atom. The van der Waals surface area contributed by atoms with E-state index in [1.165, 1.54) is 9.80 Å². The van der Waals surface area contributed by atoms with E-state index in [0.29, 0.717) is 29.7 Å². The van der Waals surface area contributed by atoms with Crippen molar-refractivity contribution in [3.63, 3.8) is 0 Å². The lowest BCUT2D eigenvalue weighted by Gasteiger charge is -2.34. The predicted octanol–water partition coefficient (Wildman–Crippen LogP) is 5.20. The first-order valence-electron chi connectivity index (χ1n) is 36.9. The minimum atomic E-state index is -1.39. The Labute approximate surface area is 611 Å². The highest BCUT2D eigenvalue weighted by atomic mass is 16.2. The zero-order chi connectivity index (χ0) is 75.2. The third-order valence-corrected chi connectivity index (χ3v) is 19.6. The molecule has 5 aromatic rings. The average Bonchev–Trinajstić information content (AvgIpc) is 0.909. The van der Waals surface area contributed by atoms with Crippen molar-refractivity contribution in [3.05, 3.63) is 173 Å². The van der Waals surface area contributed by atoms with Crippen LogP contribution in [0, 0.1) is 23.7 Å². The summed E-state index contributed by atoms with van der Waals surface area (Å²) in [5, 5.41) is 26.2. The molecule has 3 saturated heterocycles. The normalized spacial score (nSPS) is 23.4. The molecular formula is C80H107N13O11. The van der Waals surface area contributed by atoms with Gasteiger partial charge in [0.15, 0.2) is 0 Å². The van der Waals surface area contributed by atoms with E-state index in [9.17, 15) is 33.6 Å². The van der Waals surface area contributed by atoms with Gasteiger partial charge in [0.25, 0.3) is 0 Å². The van der Waals surface area contributed by atoms with Crippen LogP contribution in [0.5, 0.6) is 0 Å². The third kappa shape index (κ3) is 20.8. The topological polar surface area (TPSA) is 355 Å². The van der Waals surface area contributed by atoms with Crippen molar-refractivity contribution in [1.82, 2.24) is 52.3 Å². The molecule has 5 aromatic carbocycles. The van der Waals surface area contributed by atoms with Crippen molar-refractivity contribution in [1.29, 1.82) is 0 Å². The Balaban J connectivity index is 1.16. The van der Waals surface area contributed by atoms with Crippen LogP contribution in [-0.2, 0) is 71.0 Å². The predicted molar refractivity (Wildman–Crippen MR) is 398 cm³/mol. The molecule has 3 fully saturated rings. The van der Waals surface area contributed by atoms with Crippen molar-refractivity contribution >= 4 is 70.7 Å². The van der Waals surface area contributed by atoms with Gasteiger partial charge in [0, 0.05) is 31.6 Å². The summed E-state index contributed by atoms with van der Waals surface area (Å²) >= 11 is 0. The van der Waals surface area contributed by atoms with Gasteiger partial charge in [0.05, 0.1) is 0 Å². The number of amides is 11. The van der Waals surface area contributed by atoms with Gasteiger partial charge in [-0.15, -0.1) is 0 Å². The number of nitrogens with two attached hydrogens (primary N) is 2. The van der Waals surface area contributed by atoms with Gasteiger partial charge in [-0.2, -0.15) is 0 Å². The van der Waals surface area contributed by atoms with E-state index in [0.717, 1.165) is 16.7 Å². The molecule has 104 heavy (non-hydrogen) atoms. The molecule has 13 N–H and O–H groups in total. The summed E-state index contributed by atoms with van der Waals surface area (Å²) < 4.78 is 0. The first-order chi connectivity index (χ1) is 49.8. The molecule has 8 rings (SSSR count). The van der Waals surface area contributed by atoms with Gasteiger partial charge >= 0.3 is 0 Å². The minimum absolute atomic E-state index is 0.00752. The Morgan fingerprint density at radius 3 is 1.09 bits per heavy atom.